The number of nitrogens with one attached hydrogen (secondary N) is 1. The molecular weight excluding hydrogens is 327 g/mol. The number of fused-ring (bicyclic) bond motifs is 1. The molecule has 0 aliphatic carbocycles. The molecule has 24 heavy (non-hydrogen) atoms. The predicted molar refractivity (Wildman–Crippen MR) is 80.6 cm³/mol. The number of hydrogen-bond acceptors (Lipinski definition) is 4. The molecule has 1 aromatic carbocycles. The molecule has 1 heterocycles. The van der Waals surface area contributed by atoms with Crippen LogP contribution in [0.3, 0.4) is 0 Å². The minimum absolute atomic E-state index is 0.0871. The minimum atomic E-state index is -4.40. The van der Waals surface area contributed by atoms with E-state index in [0.717, 1.165) is 4.68 Å². The lowest BCUT2D eigenvalue weighted by molar-refractivity contribution is -0.173. The van der Waals surface area contributed by atoms with Crippen LogP contribution in [0.5, 0.6) is 0 Å². The average molecular weight is 343 g/mol. The van der Waals surface area contributed by atoms with Gasteiger partial charge < -0.3 is 10.1 Å². The van der Waals surface area contributed by atoms with Crippen LogP contribution in [0.1, 0.15) is 5.69 Å². The Labute approximate surface area is 135 Å². The summed E-state index contributed by atoms with van der Waals surface area (Å²) in [6.07, 6.45) is -4.40. The van der Waals surface area contributed by atoms with Gasteiger partial charge in [0.2, 0.25) is 5.91 Å². The van der Waals surface area contributed by atoms with Crippen LogP contribution in [-0.4, -0.2) is 41.6 Å². The maximum absolute atomic E-state index is 12.3. The number of hydrogen-bond donors (Lipinski definition) is 1. The third kappa shape index (κ3) is 4.79. The number of alkyl halides is 3. The molecule has 2 rings (SSSR count). The van der Waals surface area contributed by atoms with Crippen molar-refractivity contribution < 1.29 is 22.7 Å². The standard InChI is InChI=1S/C15H16F3N3O3/c1-10-11-4-2-3-5-12(11)14(23)21(20-10)8-13(22)19-6-7-24-9-15(16,17)18/h2-5H,6-9H2,1H3,(H,19,22). The van der Waals surface area contributed by atoms with Crippen LogP contribution in [0.2, 0.25) is 0 Å². The quantitative estimate of drug-likeness (QED) is 0.805. The highest BCUT2D eigenvalue weighted by Crippen LogP contribution is 2.14. The second kappa shape index (κ2) is 7.43. The second-order valence-electron chi connectivity index (χ2n) is 5.11. The number of rotatable bonds is 6. The predicted octanol–water partition coefficient (Wildman–Crippen LogP) is 1.40. The van der Waals surface area contributed by atoms with Crippen LogP contribution >= 0.6 is 0 Å². The molecule has 1 N–H and O–H groups in total. The summed E-state index contributed by atoms with van der Waals surface area (Å²) in [5.41, 5.74) is 0.200. The van der Waals surface area contributed by atoms with Gasteiger partial charge in [0, 0.05) is 11.9 Å². The second-order valence-corrected chi connectivity index (χ2v) is 5.11. The van der Waals surface area contributed by atoms with E-state index >= 15 is 0 Å². The number of carbonyl (C=O) groups excluding carboxylic acids is 1. The third-order valence-corrected chi connectivity index (χ3v) is 3.18. The maximum atomic E-state index is 12.3. The van der Waals surface area contributed by atoms with Crippen LogP contribution in [0.4, 0.5) is 13.2 Å². The van der Waals surface area contributed by atoms with Crippen molar-refractivity contribution in [2.45, 2.75) is 19.6 Å². The van der Waals surface area contributed by atoms with Crippen LogP contribution < -0.4 is 10.9 Å². The number of amides is 1. The molecule has 1 amide bonds. The van der Waals surface area contributed by atoms with Gasteiger partial charge in [0.05, 0.1) is 17.7 Å². The van der Waals surface area contributed by atoms with Gasteiger partial charge in [-0.05, 0) is 13.0 Å². The van der Waals surface area contributed by atoms with E-state index in [4.69, 9.17) is 0 Å². The Bertz CT molecular complexity index is 787. The molecule has 0 atom stereocenters. The first kappa shape index (κ1) is 17.9. The van der Waals surface area contributed by atoms with E-state index in [0.29, 0.717) is 16.5 Å². The highest BCUT2D eigenvalue weighted by atomic mass is 19.4. The summed E-state index contributed by atoms with van der Waals surface area (Å²) < 4.78 is 41.0. The summed E-state index contributed by atoms with van der Waals surface area (Å²) >= 11 is 0. The summed E-state index contributed by atoms with van der Waals surface area (Å²) in [7, 11) is 0. The van der Waals surface area contributed by atoms with Crippen LogP contribution in [0.25, 0.3) is 10.8 Å². The molecule has 2 aromatic rings. The molecule has 0 fully saturated rings. The highest BCUT2D eigenvalue weighted by Gasteiger charge is 2.27. The summed E-state index contributed by atoms with van der Waals surface area (Å²) in [6.45, 7) is -0.320. The molecule has 0 aliphatic rings. The molecule has 0 spiro atoms. The normalized spacial score (nSPS) is 11.7. The number of halogens is 3. The van der Waals surface area contributed by atoms with Crippen LogP contribution in [0, 0.1) is 6.92 Å². The highest BCUT2D eigenvalue weighted by molar-refractivity contribution is 5.83. The molecule has 0 saturated heterocycles. The van der Waals surface area contributed by atoms with Crippen molar-refractivity contribution in [3.63, 3.8) is 0 Å². The molecule has 0 aliphatic heterocycles. The molecule has 1 aromatic heterocycles. The van der Waals surface area contributed by atoms with Crippen molar-refractivity contribution in [2.75, 3.05) is 19.8 Å². The van der Waals surface area contributed by atoms with E-state index in [9.17, 15) is 22.8 Å². The smallest absolute Gasteiger partial charge is 0.370 e. The maximum Gasteiger partial charge on any atom is 0.411 e. The fourth-order valence-corrected chi connectivity index (χ4v) is 2.15. The van der Waals surface area contributed by atoms with Crippen molar-refractivity contribution in [3.05, 3.63) is 40.3 Å². The van der Waals surface area contributed by atoms with Gasteiger partial charge in [-0.1, -0.05) is 18.2 Å². The number of nitrogens with zero attached hydrogens (tertiary/aromatic N) is 2. The Morgan fingerprint density at radius 2 is 1.96 bits per heavy atom. The van der Waals surface area contributed by atoms with Crippen molar-refractivity contribution in [1.29, 1.82) is 0 Å². The third-order valence-electron chi connectivity index (χ3n) is 3.18. The monoisotopic (exact) mass is 343 g/mol. The summed E-state index contributed by atoms with van der Waals surface area (Å²) in [5.74, 6) is -0.533. The topological polar surface area (TPSA) is 73.2 Å². The van der Waals surface area contributed by atoms with Crippen molar-refractivity contribution in [2.24, 2.45) is 0 Å². The van der Waals surface area contributed by atoms with Gasteiger partial charge in [0.1, 0.15) is 13.2 Å². The van der Waals surface area contributed by atoms with Crippen molar-refractivity contribution in [1.82, 2.24) is 15.1 Å². The van der Waals surface area contributed by atoms with E-state index in [1.54, 1.807) is 31.2 Å². The van der Waals surface area contributed by atoms with Gasteiger partial charge in [-0.2, -0.15) is 18.3 Å². The number of benzene rings is 1. The molecule has 9 heteroatoms. The zero-order valence-electron chi connectivity index (χ0n) is 12.9. The number of carbonyl (C=O) groups is 1. The van der Waals surface area contributed by atoms with Gasteiger partial charge in [-0.15, -0.1) is 0 Å². The minimum Gasteiger partial charge on any atom is -0.370 e. The number of aromatic nitrogens is 2. The lowest BCUT2D eigenvalue weighted by Crippen LogP contribution is -2.36. The van der Waals surface area contributed by atoms with E-state index in [1.165, 1.54) is 0 Å². The molecular formula is C15H16F3N3O3. The first-order valence-electron chi connectivity index (χ1n) is 7.15. The largest absolute Gasteiger partial charge is 0.411 e. The summed E-state index contributed by atoms with van der Waals surface area (Å²) in [5, 5.41) is 7.62. The molecule has 0 unspecified atom stereocenters. The Morgan fingerprint density at radius 1 is 1.29 bits per heavy atom. The van der Waals surface area contributed by atoms with Gasteiger partial charge >= 0.3 is 6.18 Å². The Morgan fingerprint density at radius 3 is 2.62 bits per heavy atom. The van der Waals surface area contributed by atoms with Gasteiger partial charge in [-0.3, -0.25) is 9.59 Å². The molecule has 0 saturated carbocycles. The molecule has 130 valence electrons. The number of ether oxygens (including phenoxy) is 1. The fraction of sp³-hybridized carbons (Fsp3) is 0.400. The molecule has 0 radical (unpaired) electrons. The first-order valence-corrected chi connectivity index (χ1v) is 7.15. The zero-order valence-corrected chi connectivity index (χ0v) is 12.9. The lowest BCUT2D eigenvalue weighted by Gasteiger charge is -2.10. The van der Waals surface area contributed by atoms with E-state index in [1.807, 2.05) is 0 Å². The van der Waals surface area contributed by atoms with Gasteiger partial charge in [0.25, 0.3) is 5.56 Å². The summed E-state index contributed by atoms with van der Waals surface area (Å²) in [6, 6.07) is 6.91. The Hall–Kier alpha value is -2.42. The van der Waals surface area contributed by atoms with Crippen LogP contribution in [0.15, 0.2) is 29.1 Å². The average Bonchev–Trinajstić information content (AvgIpc) is 2.51. The first-order chi connectivity index (χ1) is 11.3. The van der Waals surface area contributed by atoms with E-state index < -0.39 is 24.2 Å². The van der Waals surface area contributed by atoms with Crippen LogP contribution in [-0.2, 0) is 16.1 Å². The molecule has 6 nitrogen and oxygen atoms in total. The van der Waals surface area contributed by atoms with Crippen molar-refractivity contribution >= 4 is 16.7 Å². The fourth-order valence-electron chi connectivity index (χ4n) is 2.15. The van der Waals surface area contributed by atoms with Gasteiger partial charge in [0.15, 0.2) is 0 Å². The number of aryl methyl sites for hydroxylation is 1. The Kier molecular flexibility index (Phi) is 5.55. The zero-order chi connectivity index (χ0) is 17.7. The van der Waals surface area contributed by atoms with Crippen molar-refractivity contribution in [3.8, 4) is 0 Å². The molecule has 0 bridgehead atoms. The SMILES string of the molecule is Cc1nn(CC(=O)NCCOCC(F)(F)F)c(=O)c2ccccc12. The van der Waals surface area contributed by atoms with E-state index in [2.05, 4.69) is 15.2 Å². The van der Waals surface area contributed by atoms with E-state index in [-0.39, 0.29) is 19.7 Å². The van der Waals surface area contributed by atoms with Gasteiger partial charge in [-0.25, -0.2) is 4.68 Å². The Balaban J connectivity index is 1.94. The summed E-state index contributed by atoms with van der Waals surface area (Å²) in [4.78, 5) is 24.1. The lowest BCUT2D eigenvalue weighted by atomic mass is 10.1.